The van der Waals surface area contributed by atoms with Crippen molar-refractivity contribution < 1.29 is 23.8 Å². The van der Waals surface area contributed by atoms with E-state index in [0.717, 1.165) is 5.01 Å². The Morgan fingerprint density at radius 3 is 2.57 bits per heavy atom. The largest absolute Gasteiger partial charge is 0.508 e. The molecule has 0 saturated heterocycles. The van der Waals surface area contributed by atoms with Crippen molar-refractivity contribution in [1.82, 2.24) is 15.6 Å². The Bertz CT molecular complexity index is 1080. The first kappa shape index (κ1) is 19.4. The zero-order valence-corrected chi connectivity index (χ0v) is 16.2. The van der Waals surface area contributed by atoms with Crippen molar-refractivity contribution in [1.29, 1.82) is 0 Å². The molecule has 0 spiro atoms. The maximum Gasteiger partial charge on any atom is 0.319 e. The molecule has 0 saturated carbocycles. The molecule has 9 heteroatoms. The van der Waals surface area contributed by atoms with Crippen molar-refractivity contribution >= 4 is 17.8 Å². The molecule has 2 unspecified atom stereocenters. The topological polar surface area (TPSA) is 103 Å². The number of aromatic hydroxyl groups is 1. The number of urea groups is 1. The summed E-state index contributed by atoms with van der Waals surface area (Å²) in [7, 11) is 0. The SMILES string of the molecule is CC(=O)N1N=C(C2=C(C)NC(=O)NC2c2ccccc2F)OC1c1ccc(O)cc1. The van der Waals surface area contributed by atoms with Crippen LogP contribution in [0.15, 0.2) is 64.9 Å². The van der Waals surface area contributed by atoms with Gasteiger partial charge in [-0.3, -0.25) is 4.79 Å². The lowest BCUT2D eigenvalue weighted by atomic mass is 9.95. The van der Waals surface area contributed by atoms with Gasteiger partial charge in [0, 0.05) is 23.7 Å². The van der Waals surface area contributed by atoms with Crippen molar-refractivity contribution in [3.63, 3.8) is 0 Å². The summed E-state index contributed by atoms with van der Waals surface area (Å²) < 4.78 is 20.5. The summed E-state index contributed by atoms with van der Waals surface area (Å²) in [6, 6.07) is 10.9. The third-order valence-corrected chi connectivity index (χ3v) is 4.86. The molecule has 30 heavy (non-hydrogen) atoms. The van der Waals surface area contributed by atoms with E-state index in [1.54, 1.807) is 37.3 Å². The minimum absolute atomic E-state index is 0.0737. The number of allylic oxidation sites excluding steroid dienone is 1. The fourth-order valence-corrected chi connectivity index (χ4v) is 3.45. The van der Waals surface area contributed by atoms with Crippen molar-refractivity contribution in [2.75, 3.05) is 0 Å². The first-order valence-electron chi connectivity index (χ1n) is 9.22. The predicted octanol–water partition coefficient (Wildman–Crippen LogP) is 3.05. The summed E-state index contributed by atoms with van der Waals surface area (Å²) in [6.45, 7) is 3.00. The molecule has 0 aromatic heterocycles. The molecule has 3 amide bonds. The van der Waals surface area contributed by atoms with E-state index >= 15 is 0 Å². The van der Waals surface area contributed by atoms with Crippen LogP contribution in [0, 0.1) is 5.82 Å². The quantitative estimate of drug-likeness (QED) is 0.724. The number of hydrogen-bond donors (Lipinski definition) is 3. The highest BCUT2D eigenvalue weighted by Crippen LogP contribution is 2.36. The number of amides is 3. The molecule has 8 nitrogen and oxygen atoms in total. The van der Waals surface area contributed by atoms with Gasteiger partial charge < -0.3 is 20.5 Å². The molecule has 2 aliphatic rings. The van der Waals surface area contributed by atoms with E-state index in [-0.39, 0.29) is 23.1 Å². The fourth-order valence-electron chi connectivity index (χ4n) is 3.45. The highest BCUT2D eigenvalue weighted by molar-refractivity contribution is 6.00. The number of nitrogens with zero attached hydrogens (tertiary/aromatic N) is 2. The second-order valence-electron chi connectivity index (χ2n) is 6.92. The van der Waals surface area contributed by atoms with Crippen molar-refractivity contribution in [2.45, 2.75) is 26.1 Å². The Balaban J connectivity index is 1.76. The van der Waals surface area contributed by atoms with Crippen LogP contribution in [0.1, 0.15) is 37.2 Å². The van der Waals surface area contributed by atoms with Crippen LogP contribution in [0.4, 0.5) is 9.18 Å². The smallest absolute Gasteiger partial charge is 0.319 e. The normalized spacial score (nSPS) is 21.0. The number of hydrazone groups is 1. The van der Waals surface area contributed by atoms with Crippen LogP contribution in [-0.4, -0.2) is 28.0 Å². The summed E-state index contributed by atoms with van der Waals surface area (Å²) in [4.78, 5) is 24.3. The number of carbonyl (C=O) groups excluding carboxylic acids is 2. The molecule has 0 aliphatic carbocycles. The van der Waals surface area contributed by atoms with E-state index in [0.29, 0.717) is 16.8 Å². The Hall–Kier alpha value is -3.88. The number of ether oxygens (including phenoxy) is 1. The molecule has 2 atom stereocenters. The summed E-state index contributed by atoms with van der Waals surface area (Å²) >= 11 is 0. The van der Waals surface area contributed by atoms with Crippen molar-refractivity contribution in [3.8, 4) is 5.75 Å². The average Bonchev–Trinajstić information content (AvgIpc) is 3.13. The number of nitrogens with one attached hydrogen (secondary N) is 2. The van der Waals surface area contributed by atoms with Crippen molar-refractivity contribution in [3.05, 3.63) is 76.7 Å². The molecule has 3 N–H and O–H groups in total. The van der Waals surface area contributed by atoms with Crippen LogP contribution < -0.4 is 10.6 Å². The molecule has 2 aromatic rings. The first-order chi connectivity index (χ1) is 14.3. The first-order valence-corrected chi connectivity index (χ1v) is 9.22. The van der Waals surface area contributed by atoms with Gasteiger partial charge in [-0.2, -0.15) is 5.01 Å². The number of halogens is 1. The maximum atomic E-state index is 14.5. The number of phenols is 1. The highest BCUT2D eigenvalue weighted by atomic mass is 19.1. The molecule has 2 heterocycles. The molecular formula is C21H19FN4O4. The molecule has 2 aliphatic heterocycles. The van der Waals surface area contributed by atoms with E-state index in [1.165, 1.54) is 25.1 Å². The Kier molecular flexibility index (Phi) is 4.86. The van der Waals surface area contributed by atoms with Crippen LogP contribution in [0.5, 0.6) is 5.75 Å². The fraction of sp³-hybridized carbons (Fsp3) is 0.190. The lowest BCUT2D eigenvalue weighted by Gasteiger charge is -2.29. The van der Waals surface area contributed by atoms with Gasteiger partial charge in [-0.05, 0) is 37.3 Å². The highest BCUT2D eigenvalue weighted by Gasteiger charge is 2.39. The number of phenolic OH excluding ortho intramolecular Hbond substituents is 1. The second kappa shape index (κ2) is 7.51. The number of rotatable bonds is 3. The molecule has 0 radical (unpaired) electrons. The standard InChI is InChI=1S/C21H19FN4O4/c1-11-17(18(24-21(29)23-11)15-5-3-4-6-16(15)22)19-25-26(12(2)27)20(30-19)13-7-9-14(28)10-8-13/h3-10,18,20,28H,1-2H3,(H2,23,24,29). The predicted molar refractivity (Wildman–Crippen MR) is 105 cm³/mol. The van der Waals surface area contributed by atoms with Gasteiger partial charge in [-0.25, -0.2) is 9.18 Å². The Morgan fingerprint density at radius 2 is 1.90 bits per heavy atom. The van der Waals surface area contributed by atoms with E-state index in [4.69, 9.17) is 4.74 Å². The second-order valence-corrected chi connectivity index (χ2v) is 6.92. The Morgan fingerprint density at radius 1 is 1.20 bits per heavy atom. The van der Waals surface area contributed by atoms with Crippen LogP contribution in [0.3, 0.4) is 0 Å². The maximum absolute atomic E-state index is 14.5. The lowest BCUT2D eigenvalue weighted by molar-refractivity contribution is -0.135. The van der Waals surface area contributed by atoms with Gasteiger partial charge in [0.2, 0.25) is 18.0 Å². The number of benzene rings is 2. The third-order valence-electron chi connectivity index (χ3n) is 4.86. The lowest BCUT2D eigenvalue weighted by Crippen LogP contribution is -2.45. The van der Waals surface area contributed by atoms with E-state index in [9.17, 15) is 19.1 Å². The zero-order valence-electron chi connectivity index (χ0n) is 16.2. The van der Waals surface area contributed by atoms with Gasteiger partial charge in [0.1, 0.15) is 11.6 Å². The summed E-state index contributed by atoms with van der Waals surface area (Å²) in [5, 5.41) is 20.3. The van der Waals surface area contributed by atoms with Gasteiger partial charge >= 0.3 is 6.03 Å². The zero-order chi connectivity index (χ0) is 21.4. The minimum Gasteiger partial charge on any atom is -0.508 e. The van der Waals surface area contributed by atoms with Crippen LogP contribution in [-0.2, 0) is 9.53 Å². The van der Waals surface area contributed by atoms with E-state index < -0.39 is 24.1 Å². The van der Waals surface area contributed by atoms with E-state index in [2.05, 4.69) is 15.7 Å². The van der Waals surface area contributed by atoms with Crippen LogP contribution in [0.2, 0.25) is 0 Å². The molecule has 0 fully saturated rings. The monoisotopic (exact) mass is 410 g/mol. The van der Waals surface area contributed by atoms with Gasteiger partial charge in [-0.1, -0.05) is 18.2 Å². The van der Waals surface area contributed by atoms with Gasteiger partial charge in [0.15, 0.2) is 0 Å². The molecule has 154 valence electrons. The summed E-state index contributed by atoms with van der Waals surface area (Å²) in [5.41, 5.74) is 1.68. The van der Waals surface area contributed by atoms with Crippen LogP contribution in [0.25, 0.3) is 0 Å². The molecular weight excluding hydrogens is 391 g/mol. The van der Waals surface area contributed by atoms with E-state index in [1.807, 2.05) is 0 Å². The van der Waals surface area contributed by atoms with Gasteiger partial charge in [0.05, 0.1) is 11.6 Å². The van der Waals surface area contributed by atoms with Gasteiger partial charge in [0.25, 0.3) is 0 Å². The molecule has 0 bridgehead atoms. The molecule has 2 aromatic carbocycles. The van der Waals surface area contributed by atoms with Crippen LogP contribution >= 0.6 is 0 Å². The molecule has 4 rings (SSSR count). The third kappa shape index (κ3) is 3.45. The summed E-state index contributed by atoms with van der Waals surface area (Å²) in [5.74, 6) is -0.699. The minimum atomic E-state index is -0.864. The number of hydrogen-bond acceptors (Lipinski definition) is 5. The summed E-state index contributed by atoms with van der Waals surface area (Å²) in [6.07, 6.45) is -0.864. The number of carbonyl (C=O) groups is 2. The van der Waals surface area contributed by atoms with Gasteiger partial charge in [-0.15, -0.1) is 5.10 Å². The van der Waals surface area contributed by atoms with Crippen molar-refractivity contribution in [2.24, 2.45) is 5.10 Å². The Labute approximate surface area is 171 Å². The average molecular weight is 410 g/mol.